The highest BCUT2D eigenvalue weighted by Crippen LogP contribution is 2.37. The number of methoxy groups -OCH3 is 1. The van der Waals surface area contributed by atoms with Gasteiger partial charge in [-0.25, -0.2) is 0 Å². The molecule has 6 nitrogen and oxygen atoms in total. The zero-order valence-corrected chi connectivity index (χ0v) is 19.5. The van der Waals surface area contributed by atoms with Crippen LogP contribution in [0.4, 0.5) is 0 Å². The molecule has 0 saturated carbocycles. The Morgan fingerprint density at radius 3 is 2.68 bits per heavy atom. The normalized spacial score (nSPS) is 17.3. The highest BCUT2D eigenvalue weighted by atomic mass is 32.2. The molecule has 0 saturated heterocycles. The zero-order chi connectivity index (χ0) is 22.4. The van der Waals surface area contributed by atoms with Gasteiger partial charge >= 0.3 is 0 Å². The van der Waals surface area contributed by atoms with Crippen molar-refractivity contribution in [3.8, 4) is 11.5 Å². The van der Waals surface area contributed by atoms with E-state index in [-0.39, 0.29) is 0 Å². The number of likely N-dealkylation sites (N-methyl/N-ethyl adjacent to an activating group) is 1. The predicted octanol–water partition coefficient (Wildman–Crippen LogP) is 3.73. The van der Waals surface area contributed by atoms with Crippen molar-refractivity contribution in [2.45, 2.75) is 38.0 Å². The summed E-state index contributed by atoms with van der Waals surface area (Å²) >= 11 is 0. The first-order valence-electron chi connectivity index (χ1n) is 10.8. The van der Waals surface area contributed by atoms with Gasteiger partial charge in [-0.05, 0) is 67.0 Å². The van der Waals surface area contributed by atoms with Gasteiger partial charge in [0, 0.05) is 19.5 Å². The number of fused-ring (bicyclic) bond motifs is 2. The summed E-state index contributed by atoms with van der Waals surface area (Å²) in [5, 5.41) is 0. The summed E-state index contributed by atoms with van der Waals surface area (Å²) in [5.41, 5.74) is 5.65. The Hall–Kier alpha value is -2.09. The van der Waals surface area contributed by atoms with Crippen LogP contribution in [0.5, 0.6) is 11.5 Å². The molecule has 170 valence electrons. The number of hydrogen-bond donors (Lipinski definition) is 1. The lowest BCUT2D eigenvalue weighted by molar-refractivity contribution is 0.296. The summed E-state index contributed by atoms with van der Waals surface area (Å²) in [4.78, 5) is 2.48. The molecule has 7 heteroatoms. The first-order valence-corrected chi connectivity index (χ1v) is 12.6. The number of rotatable bonds is 6. The molecule has 2 aliphatic rings. The fourth-order valence-electron chi connectivity index (χ4n) is 4.55. The Morgan fingerprint density at radius 1 is 1.19 bits per heavy atom. The predicted molar refractivity (Wildman–Crippen MR) is 123 cm³/mol. The second kappa shape index (κ2) is 10.5. The lowest BCUT2D eigenvalue weighted by atomic mass is 9.82. The lowest BCUT2D eigenvalue weighted by Crippen LogP contribution is -2.28. The van der Waals surface area contributed by atoms with E-state index in [0.29, 0.717) is 12.2 Å². The van der Waals surface area contributed by atoms with Gasteiger partial charge in [-0.2, -0.15) is 8.42 Å². The summed E-state index contributed by atoms with van der Waals surface area (Å²) in [6, 6.07) is 13.1. The molecule has 0 amide bonds. The molecule has 2 aromatic carbocycles. The number of hydrogen-bond acceptors (Lipinski definition) is 5. The van der Waals surface area contributed by atoms with Crippen molar-refractivity contribution >= 4 is 10.1 Å². The van der Waals surface area contributed by atoms with Crippen molar-refractivity contribution in [1.82, 2.24) is 4.90 Å². The number of benzene rings is 2. The molecule has 0 radical (unpaired) electrons. The van der Waals surface area contributed by atoms with Crippen LogP contribution in [-0.4, -0.2) is 58.0 Å². The lowest BCUT2D eigenvalue weighted by Gasteiger charge is -2.30. The molecule has 0 fully saturated rings. The first-order chi connectivity index (χ1) is 14.8. The maximum absolute atomic E-state index is 9.19. The van der Waals surface area contributed by atoms with Gasteiger partial charge in [0.1, 0.15) is 11.5 Å². The average Bonchev–Trinajstić information content (AvgIpc) is 3.20. The zero-order valence-electron chi connectivity index (χ0n) is 18.6. The molecule has 0 spiro atoms. The second-order valence-electron chi connectivity index (χ2n) is 8.37. The minimum atomic E-state index is -3.67. The summed E-state index contributed by atoms with van der Waals surface area (Å²) < 4.78 is 37.3. The van der Waals surface area contributed by atoms with Crippen LogP contribution in [-0.2, 0) is 29.4 Å². The third-order valence-electron chi connectivity index (χ3n) is 5.90. The summed E-state index contributed by atoms with van der Waals surface area (Å²) in [5.74, 6) is 2.82. The average molecular weight is 448 g/mol. The van der Waals surface area contributed by atoms with Crippen molar-refractivity contribution in [2.75, 3.05) is 40.1 Å². The van der Waals surface area contributed by atoms with Crippen LogP contribution in [0, 0.1) is 0 Å². The molecule has 1 aliphatic carbocycles. The van der Waals surface area contributed by atoms with Gasteiger partial charge < -0.3 is 14.4 Å². The largest absolute Gasteiger partial charge is 0.496 e. The topological polar surface area (TPSA) is 76.1 Å². The summed E-state index contributed by atoms with van der Waals surface area (Å²) in [6.07, 6.45) is 6.50. The van der Waals surface area contributed by atoms with E-state index in [0.717, 1.165) is 50.5 Å². The molecule has 4 rings (SSSR count). The molecule has 0 aromatic heterocycles. The fourth-order valence-corrected chi connectivity index (χ4v) is 4.55. The molecule has 0 unspecified atom stereocenters. The third kappa shape index (κ3) is 6.69. The first kappa shape index (κ1) is 23.6. The SMILES string of the molecule is COc1cccc2c1CCC[C@H]2CN(C)CCc1cccc2c1OCC2.CS(=O)(=O)O. The number of nitrogens with zero attached hydrogens (tertiary/aromatic N) is 1. The van der Waals surface area contributed by atoms with Crippen molar-refractivity contribution < 1.29 is 22.4 Å². The summed E-state index contributed by atoms with van der Waals surface area (Å²) in [6.45, 7) is 3.01. The second-order valence-corrected chi connectivity index (χ2v) is 9.83. The standard InChI is InChI=1S/C23H29NO2.CH4O3S/c1-24(14-12-17-6-3-7-18-13-15-26-23(17)18)16-19-8-4-10-21-20(19)9-5-11-22(21)25-2;1-5(2,3)4/h3,5-7,9,11,19H,4,8,10,12-16H2,1-2H3;1H3,(H,2,3,4)/t19-;/m0./s1. The van der Waals surface area contributed by atoms with E-state index in [9.17, 15) is 8.42 Å². The number of para-hydroxylation sites is 1. The smallest absolute Gasteiger partial charge is 0.261 e. The van der Waals surface area contributed by atoms with Crippen LogP contribution < -0.4 is 9.47 Å². The number of ether oxygens (including phenoxy) is 2. The molecule has 1 aliphatic heterocycles. The highest BCUT2D eigenvalue weighted by Gasteiger charge is 2.24. The van der Waals surface area contributed by atoms with Crippen LogP contribution in [0.15, 0.2) is 36.4 Å². The maximum atomic E-state index is 9.19. The van der Waals surface area contributed by atoms with Gasteiger partial charge in [0.15, 0.2) is 0 Å². The van der Waals surface area contributed by atoms with Gasteiger partial charge in [0.2, 0.25) is 0 Å². The van der Waals surface area contributed by atoms with E-state index in [2.05, 4.69) is 48.3 Å². The van der Waals surface area contributed by atoms with E-state index >= 15 is 0 Å². The van der Waals surface area contributed by atoms with Crippen molar-refractivity contribution in [2.24, 2.45) is 0 Å². The van der Waals surface area contributed by atoms with Crippen LogP contribution in [0.25, 0.3) is 0 Å². The Balaban J connectivity index is 0.000000491. The Bertz CT molecular complexity index is 981. The molecule has 0 bridgehead atoms. The van der Waals surface area contributed by atoms with Crippen LogP contribution in [0.2, 0.25) is 0 Å². The van der Waals surface area contributed by atoms with E-state index in [1.807, 2.05) is 0 Å². The molecular weight excluding hydrogens is 414 g/mol. The Labute approximate surface area is 185 Å². The van der Waals surface area contributed by atoms with E-state index in [1.165, 1.54) is 35.1 Å². The van der Waals surface area contributed by atoms with Gasteiger partial charge in [-0.3, -0.25) is 4.55 Å². The van der Waals surface area contributed by atoms with Crippen LogP contribution in [0.1, 0.15) is 41.0 Å². The summed E-state index contributed by atoms with van der Waals surface area (Å²) in [7, 11) is 0.365. The Kier molecular flexibility index (Phi) is 7.97. The minimum absolute atomic E-state index is 0.608. The molecule has 1 N–H and O–H groups in total. The van der Waals surface area contributed by atoms with E-state index < -0.39 is 10.1 Å². The van der Waals surface area contributed by atoms with Crippen LogP contribution in [0.3, 0.4) is 0 Å². The highest BCUT2D eigenvalue weighted by molar-refractivity contribution is 7.85. The van der Waals surface area contributed by atoms with Crippen molar-refractivity contribution in [3.05, 3.63) is 58.7 Å². The maximum Gasteiger partial charge on any atom is 0.261 e. The minimum Gasteiger partial charge on any atom is -0.496 e. The third-order valence-corrected chi connectivity index (χ3v) is 5.90. The molecule has 2 aromatic rings. The fraction of sp³-hybridized carbons (Fsp3) is 0.500. The van der Waals surface area contributed by atoms with Crippen LogP contribution >= 0.6 is 0 Å². The van der Waals surface area contributed by atoms with Gasteiger partial charge in [0.05, 0.1) is 20.0 Å². The molecule has 31 heavy (non-hydrogen) atoms. The monoisotopic (exact) mass is 447 g/mol. The quantitative estimate of drug-likeness (QED) is 0.680. The van der Waals surface area contributed by atoms with Gasteiger partial charge in [-0.15, -0.1) is 0 Å². The molecular formula is C24H33NO5S. The van der Waals surface area contributed by atoms with Gasteiger partial charge in [0.25, 0.3) is 10.1 Å². The molecule has 1 atom stereocenters. The van der Waals surface area contributed by atoms with Gasteiger partial charge in [-0.1, -0.05) is 30.3 Å². The van der Waals surface area contributed by atoms with E-state index in [4.69, 9.17) is 14.0 Å². The van der Waals surface area contributed by atoms with Crippen molar-refractivity contribution in [3.63, 3.8) is 0 Å². The molecule has 1 heterocycles. The Morgan fingerprint density at radius 2 is 1.94 bits per heavy atom. The van der Waals surface area contributed by atoms with Crippen molar-refractivity contribution in [1.29, 1.82) is 0 Å². The van der Waals surface area contributed by atoms with E-state index in [1.54, 1.807) is 7.11 Å².